The Bertz CT molecular complexity index is 820. The van der Waals surface area contributed by atoms with Crippen molar-refractivity contribution in [1.82, 2.24) is 25.2 Å². The summed E-state index contributed by atoms with van der Waals surface area (Å²) in [6.45, 7) is 2.02. The van der Waals surface area contributed by atoms with Crippen LogP contribution >= 0.6 is 0 Å². The Hall–Kier alpha value is -2.67. The third kappa shape index (κ3) is 2.78. The summed E-state index contributed by atoms with van der Waals surface area (Å²) >= 11 is 0. The summed E-state index contributed by atoms with van der Waals surface area (Å²) in [4.78, 5) is 4.47. The maximum atomic E-state index is 5.40. The van der Waals surface area contributed by atoms with Crippen LogP contribution in [0, 0.1) is 0 Å². The minimum Gasteiger partial charge on any atom is -0.496 e. The van der Waals surface area contributed by atoms with Gasteiger partial charge in [-0.1, -0.05) is 17.3 Å². The number of benzene rings is 1. The van der Waals surface area contributed by atoms with Crippen molar-refractivity contribution in [2.45, 2.75) is 18.9 Å². The third-order valence-electron chi connectivity index (χ3n) is 4.25. The van der Waals surface area contributed by atoms with Crippen LogP contribution in [0.3, 0.4) is 0 Å². The van der Waals surface area contributed by atoms with Gasteiger partial charge in [-0.3, -0.25) is 4.68 Å². The van der Waals surface area contributed by atoms with Crippen molar-refractivity contribution in [3.63, 3.8) is 0 Å². The second-order valence-corrected chi connectivity index (χ2v) is 5.80. The lowest BCUT2D eigenvalue weighted by Gasteiger charge is -2.22. The van der Waals surface area contributed by atoms with Gasteiger partial charge in [-0.2, -0.15) is 10.1 Å². The number of nitrogens with zero attached hydrogens (tertiary/aromatic N) is 4. The lowest BCUT2D eigenvalue weighted by Crippen LogP contribution is -2.31. The summed E-state index contributed by atoms with van der Waals surface area (Å²) in [5.74, 6) is 1.62. The van der Waals surface area contributed by atoms with E-state index in [1.807, 2.05) is 41.2 Å². The topological polar surface area (TPSA) is 78.0 Å². The van der Waals surface area contributed by atoms with Crippen molar-refractivity contribution >= 4 is 0 Å². The molecule has 0 amide bonds. The van der Waals surface area contributed by atoms with E-state index in [1.54, 1.807) is 7.11 Å². The molecule has 4 rings (SSSR count). The molecule has 2 aromatic heterocycles. The van der Waals surface area contributed by atoms with Gasteiger partial charge in [0.2, 0.25) is 5.82 Å². The molecule has 1 unspecified atom stereocenters. The van der Waals surface area contributed by atoms with E-state index in [0.29, 0.717) is 29.2 Å². The summed E-state index contributed by atoms with van der Waals surface area (Å²) in [6, 6.07) is 9.88. The lowest BCUT2D eigenvalue weighted by atomic mass is 10.1. The third-order valence-corrected chi connectivity index (χ3v) is 4.25. The SMILES string of the molecule is COc1ccccc1-c1noc(-c2ccn(C3CCCNC3)n2)n1. The summed E-state index contributed by atoms with van der Waals surface area (Å²) in [5, 5.41) is 12.1. The smallest absolute Gasteiger partial charge is 0.278 e. The van der Waals surface area contributed by atoms with E-state index in [-0.39, 0.29) is 0 Å². The maximum absolute atomic E-state index is 5.40. The predicted octanol–water partition coefficient (Wildman–Crippen LogP) is 2.53. The minimum absolute atomic E-state index is 0.379. The van der Waals surface area contributed by atoms with Crippen molar-refractivity contribution in [2.24, 2.45) is 0 Å². The average molecular weight is 325 g/mol. The molecule has 1 aromatic carbocycles. The fourth-order valence-corrected chi connectivity index (χ4v) is 2.98. The number of aromatic nitrogens is 4. The number of methoxy groups -OCH3 is 1. The fraction of sp³-hybridized carbons (Fsp3) is 0.353. The van der Waals surface area contributed by atoms with Gasteiger partial charge in [0.15, 0.2) is 5.69 Å². The van der Waals surface area contributed by atoms with Crippen LogP contribution in [0.15, 0.2) is 41.1 Å². The molecule has 3 heterocycles. The van der Waals surface area contributed by atoms with Gasteiger partial charge >= 0.3 is 0 Å². The zero-order chi connectivity index (χ0) is 16.4. The monoisotopic (exact) mass is 325 g/mol. The molecule has 1 N–H and O–H groups in total. The highest BCUT2D eigenvalue weighted by atomic mass is 16.5. The Labute approximate surface area is 139 Å². The first-order valence-electron chi connectivity index (χ1n) is 8.08. The van der Waals surface area contributed by atoms with Crippen LogP contribution in [0.2, 0.25) is 0 Å². The highest BCUT2D eigenvalue weighted by Gasteiger charge is 2.19. The Morgan fingerprint density at radius 1 is 1.29 bits per heavy atom. The van der Waals surface area contributed by atoms with Crippen LogP contribution in [-0.4, -0.2) is 40.1 Å². The molecule has 24 heavy (non-hydrogen) atoms. The lowest BCUT2D eigenvalue weighted by molar-refractivity contribution is 0.346. The zero-order valence-corrected chi connectivity index (χ0v) is 13.5. The highest BCUT2D eigenvalue weighted by molar-refractivity contribution is 5.65. The zero-order valence-electron chi connectivity index (χ0n) is 13.5. The van der Waals surface area contributed by atoms with Crippen LogP contribution in [0.25, 0.3) is 23.0 Å². The van der Waals surface area contributed by atoms with Crippen molar-refractivity contribution in [1.29, 1.82) is 0 Å². The number of piperidine rings is 1. The van der Waals surface area contributed by atoms with Crippen molar-refractivity contribution in [3.8, 4) is 28.7 Å². The van der Waals surface area contributed by atoms with E-state index in [1.165, 1.54) is 6.42 Å². The molecule has 1 fully saturated rings. The summed E-state index contributed by atoms with van der Waals surface area (Å²) in [6.07, 6.45) is 4.27. The second-order valence-electron chi connectivity index (χ2n) is 5.80. The van der Waals surface area contributed by atoms with Crippen LogP contribution in [-0.2, 0) is 0 Å². The number of hydrogen-bond donors (Lipinski definition) is 1. The molecule has 0 bridgehead atoms. The van der Waals surface area contributed by atoms with E-state index in [9.17, 15) is 0 Å². The van der Waals surface area contributed by atoms with Crippen LogP contribution in [0.4, 0.5) is 0 Å². The molecule has 1 saturated heterocycles. The number of ether oxygens (including phenoxy) is 1. The number of para-hydroxylation sites is 1. The van der Waals surface area contributed by atoms with Gasteiger partial charge in [-0.15, -0.1) is 0 Å². The standard InChI is InChI=1S/C17H19N5O2/c1-23-15-7-3-2-6-13(15)16-19-17(24-21-16)14-8-10-22(20-14)12-5-4-9-18-11-12/h2-3,6-8,10,12,18H,4-5,9,11H2,1H3. The summed E-state index contributed by atoms with van der Waals surface area (Å²) < 4.78 is 12.7. The highest BCUT2D eigenvalue weighted by Crippen LogP contribution is 2.29. The van der Waals surface area contributed by atoms with Gasteiger partial charge in [0.25, 0.3) is 5.89 Å². The summed E-state index contributed by atoms with van der Waals surface area (Å²) in [5.41, 5.74) is 1.49. The first-order chi connectivity index (χ1) is 11.8. The van der Waals surface area contributed by atoms with Gasteiger partial charge in [-0.05, 0) is 37.6 Å². The molecule has 1 aliphatic rings. The van der Waals surface area contributed by atoms with Gasteiger partial charge in [0, 0.05) is 12.7 Å². The van der Waals surface area contributed by atoms with E-state index in [4.69, 9.17) is 9.26 Å². The average Bonchev–Trinajstić information content (AvgIpc) is 3.32. The Balaban J connectivity index is 1.60. The number of hydrogen-bond acceptors (Lipinski definition) is 6. The minimum atomic E-state index is 0.379. The molecule has 0 radical (unpaired) electrons. The first-order valence-corrected chi connectivity index (χ1v) is 8.08. The van der Waals surface area contributed by atoms with Crippen molar-refractivity contribution in [3.05, 3.63) is 36.5 Å². The first kappa shape index (κ1) is 14.9. The molecular formula is C17H19N5O2. The van der Waals surface area contributed by atoms with E-state index >= 15 is 0 Å². The van der Waals surface area contributed by atoms with Crippen LogP contribution < -0.4 is 10.1 Å². The molecule has 1 aliphatic heterocycles. The van der Waals surface area contributed by atoms with E-state index in [0.717, 1.165) is 25.1 Å². The van der Waals surface area contributed by atoms with Crippen LogP contribution in [0.1, 0.15) is 18.9 Å². The number of rotatable bonds is 4. The fourth-order valence-electron chi connectivity index (χ4n) is 2.98. The molecule has 124 valence electrons. The maximum Gasteiger partial charge on any atom is 0.278 e. The quantitative estimate of drug-likeness (QED) is 0.794. The molecule has 0 spiro atoms. The van der Waals surface area contributed by atoms with Gasteiger partial charge in [0.05, 0.1) is 18.7 Å². The van der Waals surface area contributed by atoms with Gasteiger partial charge < -0.3 is 14.6 Å². The van der Waals surface area contributed by atoms with Crippen molar-refractivity contribution in [2.75, 3.05) is 20.2 Å². The van der Waals surface area contributed by atoms with E-state index in [2.05, 4.69) is 20.6 Å². The molecule has 3 aromatic rings. The molecule has 1 atom stereocenters. The van der Waals surface area contributed by atoms with Gasteiger partial charge in [-0.25, -0.2) is 0 Å². The molecule has 7 nitrogen and oxygen atoms in total. The molecule has 0 saturated carbocycles. The summed E-state index contributed by atoms with van der Waals surface area (Å²) in [7, 11) is 1.62. The van der Waals surface area contributed by atoms with Gasteiger partial charge in [0.1, 0.15) is 5.75 Å². The Morgan fingerprint density at radius 3 is 3.04 bits per heavy atom. The van der Waals surface area contributed by atoms with Crippen molar-refractivity contribution < 1.29 is 9.26 Å². The largest absolute Gasteiger partial charge is 0.496 e. The van der Waals surface area contributed by atoms with E-state index < -0.39 is 0 Å². The molecule has 7 heteroatoms. The Morgan fingerprint density at radius 2 is 2.21 bits per heavy atom. The normalized spacial score (nSPS) is 17.8. The second kappa shape index (κ2) is 6.45. The number of nitrogens with one attached hydrogen (secondary N) is 1. The van der Waals surface area contributed by atoms with Crippen LogP contribution in [0.5, 0.6) is 5.75 Å². The Kier molecular flexibility index (Phi) is 4.00. The predicted molar refractivity (Wildman–Crippen MR) is 88.6 cm³/mol. The molecular weight excluding hydrogens is 306 g/mol. The molecule has 0 aliphatic carbocycles.